The van der Waals surface area contributed by atoms with Gasteiger partial charge in [0.15, 0.2) is 0 Å². The molecule has 0 aromatic heterocycles. The van der Waals surface area contributed by atoms with Gasteiger partial charge in [-0.3, -0.25) is 0 Å². The largest absolute Gasteiger partial charge is 0.242 e. The van der Waals surface area contributed by atoms with Crippen LogP contribution < -0.4 is 20.6 Å². The highest BCUT2D eigenvalue weighted by molar-refractivity contribution is 7.84. The van der Waals surface area contributed by atoms with Crippen molar-refractivity contribution < 1.29 is 4.21 Å². The van der Waals surface area contributed by atoms with Gasteiger partial charge in [-0.1, -0.05) is 84.9 Å². The Balaban J connectivity index is 2.06. The van der Waals surface area contributed by atoms with Gasteiger partial charge in [-0.15, -0.1) is 0 Å². The van der Waals surface area contributed by atoms with Crippen LogP contribution in [0.3, 0.4) is 0 Å². The van der Waals surface area contributed by atoms with Crippen LogP contribution in [0.25, 0.3) is 0 Å². The Hall–Kier alpha value is -1.80. The summed E-state index contributed by atoms with van der Waals surface area (Å²) in [6.07, 6.45) is 0. The Morgan fingerprint density at radius 1 is 0.786 bits per heavy atom. The third-order valence-corrected chi connectivity index (χ3v) is 8.71. The molecule has 0 fully saturated rings. The minimum Gasteiger partial charge on any atom is -0.242 e. The lowest BCUT2D eigenvalue weighted by Crippen LogP contribution is -2.36. The molecule has 2 unspecified atom stereocenters. The van der Waals surface area contributed by atoms with Crippen LogP contribution in [0, 0.1) is 0 Å². The molecule has 0 spiro atoms. The smallest absolute Gasteiger partial charge is 0.0975 e. The quantitative estimate of drug-likeness (QED) is 0.594. The maximum Gasteiger partial charge on any atom is 0.0975 e. The number of nitrogens with one attached hydrogen (secondary N) is 1. The molecule has 146 valence electrons. The van der Waals surface area contributed by atoms with Gasteiger partial charge in [0.1, 0.15) is 0 Å². The molecule has 0 saturated heterocycles. The minimum atomic E-state index is -1.12. The Labute approximate surface area is 172 Å². The van der Waals surface area contributed by atoms with Crippen LogP contribution in [0.4, 0.5) is 0 Å². The Kier molecular flexibility index (Phi) is 6.82. The molecule has 0 saturated carbocycles. The molecule has 2 atom stereocenters. The highest BCUT2D eigenvalue weighted by atomic mass is 32.2. The summed E-state index contributed by atoms with van der Waals surface area (Å²) >= 11 is 0. The van der Waals surface area contributed by atoms with Crippen molar-refractivity contribution >= 4 is 34.8 Å². The molecule has 0 aliphatic rings. The van der Waals surface area contributed by atoms with Gasteiger partial charge in [0.05, 0.1) is 15.7 Å². The van der Waals surface area contributed by atoms with Crippen molar-refractivity contribution in [3.8, 4) is 0 Å². The first-order chi connectivity index (χ1) is 13.4. The van der Waals surface area contributed by atoms with Gasteiger partial charge in [-0.05, 0) is 57.1 Å². The fourth-order valence-corrected chi connectivity index (χ4v) is 6.40. The number of hydrogen-bond acceptors (Lipinski definition) is 1. The molecule has 0 amide bonds. The van der Waals surface area contributed by atoms with Crippen molar-refractivity contribution in [3.05, 3.63) is 90.5 Å². The summed E-state index contributed by atoms with van der Waals surface area (Å²) < 4.78 is 15.7. The lowest BCUT2D eigenvalue weighted by atomic mass is 10.1. The fraction of sp³-hybridized carbons (Fsp3) is 0.250. The predicted octanol–water partition coefficient (Wildman–Crippen LogP) is 4.56. The summed E-state index contributed by atoms with van der Waals surface area (Å²) in [6.45, 7) is 8.09. The summed E-state index contributed by atoms with van der Waals surface area (Å²) in [7, 11) is -1.81. The standard InChI is InChI=1S/C24H28NOPS/c1-19(25-28(26)24(2,3)4)22-17-11-12-18-23(22)27(20-13-7-5-8-14-20)21-15-9-6-10-16-21/h5-19,25H,1-4H3. The molecule has 1 N–H and O–H groups in total. The average molecular weight is 410 g/mol. The second kappa shape index (κ2) is 9.13. The zero-order valence-electron chi connectivity index (χ0n) is 16.9. The second-order valence-corrected chi connectivity index (χ2v) is 12.0. The van der Waals surface area contributed by atoms with E-state index in [0.29, 0.717) is 0 Å². The normalized spacial score (nSPS) is 14.0. The van der Waals surface area contributed by atoms with E-state index >= 15 is 0 Å². The van der Waals surface area contributed by atoms with Gasteiger partial charge in [-0.25, -0.2) is 8.93 Å². The van der Waals surface area contributed by atoms with E-state index in [1.807, 2.05) is 20.8 Å². The van der Waals surface area contributed by atoms with Crippen molar-refractivity contribution in [1.82, 2.24) is 4.72 Å². The van der Waals surface area contributed by atoms with E-state index in [1.165, 1.54) is 21.5 Å². The zero-order chi connectivity index (χ0) is 20.1. The third-order valence-electron chi connectivity index (χ3n) is 4.51. The molecule has 0 heterocycles. The highest BCUT2D eigenvalue weighted by Crippen LogP contribution is 2.35. The van der Waals surface area contributed by atoms with E-state index in [1.54, 1.807) is 0 Å². The van der Waals surface area contributed by atoms with Crippen molar-refractivity contribution in [3.63, 3.8) is 0 Å². The van der Waals surface area contributed by atoms with Gasteiger partial charge in [0.2, 0.25) is 0 Å². The summed E-state index contributed by atoms with van der Waals surface area (Å²) in [5.74, 6) is 0. The van der Waals surface area contributed by atoms with Crippen LogP contribution in [0.5, 0.6) is 0 Å². The molecule has 28 heavy (non-hydrogen) atoms. The van der Waals surface area contributed by atoms with Crippen LogP contribution in [0.15, 0.2) is 84.9 Å². The SMILES string of the molecule is CC(NS(=O)C(C)(C)C)c1ccccc1P(c1ccccc1)c1ccccc1. The van der Waals surface area contributed by atoms with Crippen molar-refractivity contribution in [1.29, 1.82) is 0 Å². The van der Waals surface area contributed by atoms with Crippen LogP contribution in [0.2, 0.25) is 0 Å². The summed E-state index contributed by atoms with van der Waals surface area (Å²) in [5, 5.41) is 3.95. The summed E-state index contributed by atoms with van der Waals surface area (Å²) in [6, 6.07) is 29.9. The molecule has 3 aromatic carbocycles. The van der Waals surface area contributed by atoms with Gasteiger partial charge < -0.3 is 0 Å². The molecule has 0 radical (unpaired) electrons. The number of hydrogen-bond donors (Lipinski definition) is 1. The Bertz CT molecular complexity index is 883. The topological polar surface area (TPSA) is 29.1 Å². The molecular formula is C24H28NOPS. The molecule has 4 heteroatoms. The first-order valence-corrected chi connectivity index (χ1v) is 12.0. The number of benzene rings is 3. The number of rotatable bonds is 6. The molecule has 3 rings (SSSR count). The van der Waals surface area contributed by atoms with E-state index in [2.05, 4.69) is 96.6 Å². The first-order valence-electron chi connectivity index (χ1n) is 9.55. The molecular weight excluding hydrogens is 381 g/mol. The third kappa shape index (κ3) is 4.97. The van der Waals surface area contributed by atoms with Crippen molar-refractivity contribution in [2.24, 2.45) is 0 Å². The first kappa shape index (κ1) is 20.9. The maximum atomic E-state index is 12.7. The Morgan fingerprint density at radius 3 is 1.75 bits per heavy atom. The second-order valence-electron chi connectivity index (χ2n) is 7.79. The minimum absolute atomic E-state index is 0.00585. The Morgan fingerprint density at radius 2 is 1.25 bits per heavy atom. The van der Waals surface area contributed by atoms with Gasteiger partial charge in [0.25, 0.3) is 0 Å². The molecule has 0 aliphatic heterocycles. The molecule has 0 aliphatic carbocycles. The average Bonchev–Trinajstić information content (AvgIpc) is 2.69. The lowest BCUT2D eigenvalue weighted by molar-refractivity contribution is 0.617. The zero-order valence-corrected chi connectivity index (χ0v) is 18.6. The highest BCUT2D eigenvalue weighted by Gasteiger charge is 2.25. The van der Waals surface area contributed by atoms with E-state index in [-0.39, 0.29) is 10.8 Å². The fourth-order valence-electron chi connectivity index (χ4n) is 3.04. The summed E-state index contributed by atoms with van der Waals surface area (Å²) in [5.41, 5.74) is 1.21. The molecule has 2 nitrogen and oxygen atoms in total. The van der Waals surface area contributed by atoms with Crippen molar-refractivity contribution in [2.45, 2.75) is 38.5 Å². The van der Waals surface area contributed by atoms with E-state index < -0.39 is 18.9 Å². The van der Waals surface area contributed by atoms with Gasteiger partial charge in [-0.2, -0.15) is 0 Å². The summed E-state index contributed by atoms with van der Waals surface area (Å²) in [4.78, 5) is 0. The van der Waals surface area contributed by atoms with Crippen LogP contribution >= 0.6 is 7.92 Å². The van der Waals surface area contributed by atoms with Crippen LogP contribution in [0.1, 0.15) is 39.3 Å². The molecule has 0 bridgehead atoms. The predicted molar refractivity (Wildman–Crippen MR) is 125 cm³/mol. The maximum absolute atomic E-state index is 12.7. The molecule has 3 aromatic rings. The van der Waals surface area contributed by atoms with Crippen LogP contribution in [-0.2, 0) is 11.0 Å². The van der Waals surface area contributed by atoms with Crippen LogP contribution in [-0.4, -0.2) is 8.96 Å². The van der Waals surface area contributed by atoms with E-state index in [4.69, 9.17) is 0 Å². The van der Waals surface area contributed by atoms with Gasteiger partial charge in [0, 0.05) is 6.04 Å². The van der Waals surface area contributed by atoms with E-state index in [9.17, 15) is 4.21 Å². The van der Waals surface area contributed by atoms with Gasteiger partial charge >= 0.3 is 0 Å². The van der Waals surface area contributed by atoms with Crippen molar-refractivity contribution in [2.75, 3.05) is 0 Å². The lowest BCUT2D eigenvalue weighted by Gasteiger charge is -2.27. The van der Waals surface area contributed by atoms with E-state index in [0.717, 1.165) is 0 Å². The monoisotopic (exact) mass is 409 g/mol.